The van der Waals surface area contributed by atoms with Crippen LogP contribution in [0.5, 0.6) is 0 Å². The van der Waals surface area contributed by atoms with Crippen LogP contribution in [-0.2, 0) is 0 Å². The van der Waals surface area contributed by atoms with Crippen molar-refractivity contribution in [1.29, 1.82) is 0 Å². The van der Waals surface area contributed by atoms with E-state index in [4.69, 9.17) is 0 Å². The van der Waals surface area contributed by atoms with E-state index in [1.165, 1.54) is 11.1 Å². The summed E-state index contributed by atoms with van der Waals surface area (Å²) in [5.41, 5.74) is 4.52. The molecule has 0 unspecified atom stereocenters. The molecule has 0 radical (unpaired) electrons. The molecule has 0 aromatic heterocycles. The second kappa shape index (κ2) is 5.98. The van der Waals surface area contributed by atoms with Crippen molar-refractivity contribution in [3.63, 3.8) is 0 Å². The van der Waals surface area contributed by atoms with Crippen LogP contribution in [0.1, 0.15) is 5.56 Å². The summed E-state index contributed by atoms with van der Waals surface area (Å²) in [6.07, 6.45) is 1.89. The molecule has 0 heterocycles. The second-order valence-corrected chi connectivity index (χ2v) is 4.58. The maximum absolute atomic E-state index is 4.49. The summed E-state index contributed by atoms with van der Waals surface area (Å²) in [5.74, 6) is 0. The zero-order chi connectivity index (χ0) is 13.6. The Kier molecular flexibility index (Phi) is 3.70. The van der Waals surface area contributed by atoms with Crippen LogP contribution in [0.3, 0.4) is 0 Å². The van der Waals surface area contributed by atoms with Gasteiger partial charge in [0, 0.05) is 6.21 Å². The highest BCUT2D eigenvalue weighted by molar-refractivity contribution is 5.82. The number of hydrogen-bond acceptors (Lipinski definition) is 1. The van der Waals surface area contributed by atoms with Gasteiger partial charge in [-0.15, -0.1) is 0 Å². The van der Waals surface area contributed by atoms with Gasteiger partial charge < -0.3 is 0 Å². The molecule has 20 heavy (non-hydrogen) atoms. The Morgan fingerprint density at radius 2 is 1.10 bits per heavy atom. The van der Waals surface area contributed by atoms with Gasteiger partial charge in [0.2, 0.25) is 0 Å². The van der Waals surface area contributed by atoms with E-state index in [1.807, 2.05) is 54.7 Å². The van der Waals surface area contributed by atoms with Crippen molar-refractivity contribution in [2.45, 2.75) is 0 Å². The average Bonchev–Trinajstić information content (AvgIpc) is 2.55. The molecule has 3 rings (SSSR count). The van der Waals surface area contributed by atoms with Gasteiger partial charge >= 0.3 is 0 Å². The molecule has 0 aliphatic rings. The lowest BCUT2D eigenvalue weighted by atomic mass is 10.1. The van der Waals surface area contributed by atoms with Crippen LogP contribution in [-0.4, -0.2) is 6.21 Å². The Hall–Kier alpha value is -2.67. The predicted molar refractivity (Wildman–Crippen MR) is 85.6 cm³/mol. The van der Waals surface area contributed by atoms with Crippen molar-refractivity contribution in [1.82, 2.24) is 0 Å². The van der Waals surface area contributed by atoms with Gasteiger partial charge in [-0.2, -0.15) is 0 Å². The molecule has 0 saturated heterocycles. The van der Waals surface area contributed by atoms with Crippen LogP contribution in [0, 0.1) is 0 Å². The van der Waals surface area contributed by atoms with Crippen LogP contribution in [0.2, 0.25) is 0 Å². The highest BCUT2D eigenvalue weighted by Gasteiger charge is 1.96. The fourth-order valence-electron chi connectivity index (χ4n) is 2.06. The quantitative estimate of drug-likeness (QED) is 0.578. The molecule has 96 valence electrons. The number of benzene rings is 3. The summed E-state index contributed by atoms with van der Waals surface area (Å²) in [4.78, 5) is 4.49. The SMILES string of the molecule is C(=N/c1ccc(-c2ccccc2)cc1)/c1ccccc1. The maximum Gasteiger partial charge on any atom is 0.0630 e. The van der Waals surface area contributed by atoms with Crippen LogP contribution in [0.15, 0.2) is 89.9 Å². The molecule has 0 saturated carbocycles. The Bertz CT molecular complexity index is 683. The zero-order valence-electron chi connectivity index (χ0n) is 11.1. The molecule has 3 aromatic carbocycles. The third kappa shape index (κ3) is 3.01. The van der Waals surface area contributed by atoms with Gasteiger partial charge in [-0.25, -0.2) is 0 Å². The molecule has 3 aromatic rings. The van der Waals surface area contributed by atoms with Crippen molar-refractivity contribution in [3.8, 4) is 11.1 Å². The van der Waals surface area contributed by atoms with E-state index in [9.17, 15) is 0 Å². The molecule has 0 atom stereocenters. The van der Waals surface area contributed by atoms with Crippen LogP contribution < -0.4 is 0 Å². The molecule has 0 spiro atoms. The summed E-state index contributed by atoms with van der Waals surface area (Å²) in [6, 6.07) is 28.8. The van der Waals surface area contributed by atoms with Gasteiger partial charge in [0.1, 0.15) is 0 Å². The first-order chi connectivity index (χ1) is 9.92. The highest BCUT2D eigenvalue weighted by Crippen LogP contribution is 2.22. The zero-order valence-corrected chi connectivity index (χ0v) is 11.1. The Morgan fingerprint density at radius 1 is 0.550 bits per heavy atom. The Balaban J connectivity index is 1.79. The van der Waals surface area contributed by atoms with E-state index in [0.29, 0.717) is 0 Å². The van der Waals surface area contributed by atoms with Gasteiger partial charge in [-0.3, -0.25) is 4.99 Å². The smallest absolute Gasteiger partial charge is 0.0630 e. The summed E-state index contributed by atoms with van der Waals surface area (Å²) in [6.45, 7) is 0. The fraction of sp³-hybridized carbons (Fsp3) is 0. The first kappa shape index (κ1) is 12.4. The molecule has 0 aliphatic heterocycles. The first-order valence-corrected chi connectivity index (χ1v) is 6.66. The lowest BCUT2D eigenvalue weighted by Gasteiger charge is -2.01. The van der Waals surface area contributed by atoms with E-state index in [-0.39, 0.29) is 0 Å². The third-order valence-corrected chi connectivity index (χ3v) is 3.14. The molecule has 1 nitrogen and oxygen atoms in total. The summed E-state index contributed by atoms with van der Waals surface area (Å²) < 4.78 is 0. The largest absolute Gasteiger partial charge is 0.256 e. The Labute approximate surface area is 119 Å². The Morgan fingerprint density at radius 3 is 1.75 bits per heavy atom. The van der Waals surface area contributed by atoms with E-state index in [0.717, 1.165) is 11.3 Å². The normalized spacial score (nSPS) is 10.8. The monoisotopic (exact) mass is 257 g/mol. The highest BCUT2D eigenvalue weighted by atomic mass is 14.7. The van der Waals surface area contributed by atoms with Gasteiger partial charge in [-0.1, -0.05) is 72.8 Å². The van der Waals surface area contributed by atoms with Crippen LogP contribution in [0.4, 0.5) is 5.69 Å². The van der Waals surface area contributed by atoms with Gasteiger partial charge in [0.15, 0.2) is 0 Å². The van der Waals surface area contributed by atoms with Crippen molar-refractivity contribution in [3.05, 3.63) is 90.5 Å². The molecule has 0 bridgehead atoms. The predicted octanol–water partition coefficient (Wildman–Crippen LogP) is 5.10. The van der Waals surface area contributed by atoms with Crippen LogP contribution >= 0.6 is 0 Å². The lowest BCUT2D eigenvalue weighted by molar-refractivity contribution is 1.52. The molecule has 0 fully saturated rings. The maximum atomic E-state index is 4.49. The average molecular weight is 257 g/mol. The van der Waals surface area contributed by atoms with Crippen molar-refractivity contribution >= 4 is 11.9 Å². The standard InChI is InChI=1S/C19H15N/c1-3-7-16(8-4-1)15-20-19-13-11-18(12-14-19)17-9-5-2-6-10-17/h1-15H/b20-15-. The fourth-order valence-corrected chi connectivity index (χ4v) is 2.06. The van der Waals surface area contributed by atoms with Gasteiger partial charge in [0.05, 0.1) is 5.69 Å². The molecule has 0 N–H and O–H groups in total. The molecule has 1 heteroatoms. The number of nitrogens with zero attached hydrogens (tertiary/aromatic N) is 1. The van der Waals surface area contributed by atoms with Gasteiger partial charge in [-0.05, 0) is 28.8 Å². The van der Waals surface area contributed by atoms with E-state index in [1.54, 1.807) is 0 Å². The minimum atomic E-state index is 0.966. The molecular formula is C19H15N. The summed E-state index contributed by atoms with van der Waals surface area (Å²) >= 11 is 0. The van der Waals surface area contributed by atoms with E-state index in [2.05, 4.69) is 41.4 Å². The number of aliphatic imine (C=N–C) groups is 1. The summed E-state index contributed by atoms with van der Waals surface area (Å²) in [7, 11) is 0. The van der Waals surface area contributed by atoms with Crippen molar-refractivity contribution < 1.29 is 0 Å². The number of rotatable bonds is 3. The lowest BCUT2D eigenvalue weighted by Crippen LogP contribution is -1.79. The number of hydrogen-bond donors (Lipinski definition) is 0. The minimum absolute atomic E-state index is 0.966. The second-order valence-electron chi connectivity index (χ2n) is 4.58. The third-order valence-electron chi connectivity index (χ3n) is 3.14. The first-order valence-electron chi connectivity index (χ1n) is 6.66. The molecule has 0 aliphatic carbocycles. The topological polar surface area (TPSA) is 12.4 Å². The molecule has 0 amide bonds. The van der Waals surface area contributed by atoms with Crippen molar-refractivity contribution in [2.24, 2.45) is 4.99 Å². The molecular weight excluding hydrogens is 242 g/mol. The summed E-state index contributed by atoms with van der Waals surface area (Å²) in [5, 5.41) is 0. The van der Waals surface area contributed by atoms with Crippen LogP contribution in [0.25, 0.3) is 11.1 Å². The minimum Gasteiger partial charge on any atom is -0.256 e. The van der Waals surface area contributed by atoms with Gasteiger partial charge in [0.25, 0.3) is 0 Å². The van der Waals surface area contributed by atoms with E-state index >= 15 is 0 Å². The van der Waals surface area contributed by atoms with E-state index < -0.39 is 0 Å². The van der Waals surface area contributed by atoms with Crippen molar-refractivity contribution in [2.75, 3.05) is 0 Å².